The summed E-state index contributed by atoms with van der Waals surface area (Å²) in [4.78, 5) is 18.5. The molecule has 1 spiro atoms. The second-order valence-corrected chi connectivity index (χ2v) is 12.7. The molecular formula is C29H34Cl2FN5O3. The van der Waals surface area contributed by atoms with Crippen molar-refractivity contribution in [3.63, 3.8) is 0 Å². The minimum Gasteiger partial charge on any atom is -0.482 e. The van der Waals surface area contributed by atoms with Crippen molar-refractivity contribution >= 4 is 35.1 Å². The highest BCUT2D eigenvalue weighted by Gasteiger charge is 2.48. The van der Waals surface area contributed by atoms with E-state index >= 15 is 0 Å². The van der Waals surface area contributed by atoms with E-state index in [-0.39, 0.29) is 28.4 Å². The number of nitrogens with two attached hydrogens (primary N) is 1. The van der Waals surface area contributed by atoms with Crippen molar-refractivity contribution in [2.24, 2.45) is 5.41 Å². The summed E-state index contributed by atoms with van der Waals surface area (Å²) in [6, 6.07) is 4.73. The van der Waals surface area contributed by atoms with Crippen molar-refractivity contribution < 1.29 is 18.7 Å². The number of nitrogens with zero attached hydrogens (tertiary/aromatic N) is 4. The fourth-order valence-corrected chi connectivity index (χ4v) is 6.25. The number of nitrogen functional groups attached to an aromatic ring is 1. The Labute approximate surface area is 243 Å². The van der Waals surface area contributed by atoms with Gasteiger partial charge in [-0.25, -0.2) is 14.2 Å². The smallest absolute Gasteiger partial charge is 0.410 e. The van der Waals surface area contributed by atoms with Crippen LogP contribution in [0.3, 0.4) is 0 Å². The number of benzene rings is 1. The number of hydrogen-bond acceptors (Lipinski definition) is 6. The molecule has 1 amide bonds. The minimum atomic E-state index is -0.662. The maximum Gasteiger partial charge on any atom is 0.410 e. The molecule has 2 aromatic heterocycles. The first-order valence-electron chi connectivity index (χ1n) is 13.4. The predicted molar refractivity (Wildman–Crippen MR) is 153 cm³/mol. The van der Waals surface area contributed by atoms with Crippen LogP contribution in [0.1, 0.15) is 71.1 Å². The van der Waals surface area contributed by atoms with Gasteiger partial charge in [0.2, 0.25) is 0 Å². The van der Waals surface area contributed by atoms with Crippen LogP contribution < -0.4 is 10.5 Å². The Balaban J connectivity index is 1.22. The lowest BCUT2D eigenvalue weighted by Crippen LogP contribution is -2.60. The van der Waals surface area contributed by atoms with Crippen LogP contribution >= 0.6 is 23.2 Å². The largest absolute Gasteiger partial charge is 0.482 e. The monoisotopic (exact) mass is 589 g/mol. The second-order valence-electron chi connectivity index (χ2n) is 11.9. The number of carbonyl (C=O) groups is 1. The number of halogens is 3. The fraction of sp³-hybridized carbons (Fsp3) is 0.483. The average Bonchev–Trinajstić information content (AvgIpc) is 3.36. The first-order chi connectivity index (χ1) is 18.8. The molecule has 8 nitrogen and oxygen atoms in total. The zero-order chi connectivity index (χ0) is 28.8. The van der Waals surface area contributed by atoms with E-state index in [2.05, 4.69) is 10.1 Å². The van der Waals surface area contributed by atoms with E-state index in [9.17, 15) is 9.18 Å². The van der Waals surface area contributed by atoms with E-state index in [1.807, 2.05) is 36.5 Å². The van der Waals surface area contributed by atoms with E-state index in [0.717, 1.165) is 49.9 Å². The van der Waals surface area contributed by atoms with E-state index in [4.69, 9.17) is 38.4 Å². The van der Waals surface area contributed by atoms with E-state index < -0.39 is 17.5 Å². The van der Waals surface area contributed by atoms with Gasteiger partial charge in [0.15, 0.2) is 11.6 Å². The molecule has 5 rings (SSSR count). The van der Waals surface area contributed by atoms with E-state index in [1.165, 1.54) is 12.1 Å². The van der Waals surface area contributed by atoms with Gasteiger partial charge in [-0.3, -0.25) is 4.68 Å². The van der Waals surface area contributed by atoms with Gasteiger partial charge in [-0.15, -0.1) is 0 Å². The van der Waals surface area contributed by atoms with Gasteiger partial charge in [-0.1, -0.05) is 23.2 Å². The zero-order valence-corrected chi connectivity index (χ0v) is 24.6. The first-order valence-corrected chi connectivity index (χ1v) is 14.2. The zero-order valence-electron chi connectivity index (χ0n) is 23.1. The maximum atomic E-state index is 14.0. The SMILES string of the molecule is C[C@@H](Oc1cc(-c2cnn(C3CCC4(CC3)CN(C(=O)OC(C)(C)C)C4)c2)cnc1N)c1c(Cl)ccc(F)c1Cl. The summed E-state index contributed by atoms with van der Waals surface area (Å²) in [5.41, 5.74) is 7.81. The molecule has 0 bridgehead atoms. The van der Waals surface area contributed by atoms with Gasteiger partial charge in [0, 0.05) is 52.6 Å². The van der Waals surface area contributed by atoms with Crippen LogP contribution in [-0.4, -0.2) is 44.4 Å². The van der Waals surface area contributed by atoms with Gasteiger partial charge >= 0.3 is 6.09 Å². The molecule has 3 heterocycles. The second kappa shape index (κ2) is 10.7. The van der Waals surface area contributed by atoms with Gasteiger partial charge in [-0.05, 0) is 71.6 Å². The van der Waals surface area contributed by atoms with Crippen molar-refractivity contribution in [2.75, 3.05) is 18.8 Å². The molecule has 3 aromatic rings. The number of anilines is 1. The van der Waals surface area contributed by atoms with Gasteiger partial charge < -0.3 is 20.1 Å². The molecule has 1 aromatic carbocycles. The normalized spacial score (nSPS) is 17.9. The van der Waals surface area contributed by atoms with Gasteiger partial charge in [0.05, 0.1) is 17.3 Å². The Hall–Kier alpha value is -3.04. The van der Waals surface area contributed by atoms with E-state index in [1.54, 1.807) is 25.4 Å². The Kier molecular flexibility index (Phi) is 7.65. The summed E-state index contributed by atoms with van der Waals surface area (Å²) in [7, 11) is 0. The molecule has 2 aliphatic rings. The molecule has 1 atom stereocenters. The number of aromatic nitrogens is 3. The van der Waals surface area contributed by atoms with Crippen molar-refractivity contribution in [3.8, 4) is 16.9 Å². The number of carbonyl (C=O) groups excluding carboxylic acids is 1. The highest BCUT2D eigenvalue weighted by Crippen LogP contribution is 2.47. The summed E-state index contributed by atoms with van der Waals surface area (Å²) in [6.45, 7) is 8.89. The molecular weight excluding hydrogens is 556 g/mol. The lowest BCUT2D eigenvalue weighted by molar-refractivity contribution is -0.0538. The van der Waals surface area contributed by atoms with E-state index in [0.29, 0.717) is 16.3 Å². The molecule has 40 heavy (non-hydrogen) atoms. The minimum absolute atomic E-state index is 0.0855. The topological polar surface area (TPSA) is 95.5 Å². The van der Waals surface area contributed by atoms with Crippen LogP contribution in [0.2, 0.25) is 10.0 Å². The van der Waals surface area contributed by atoms with Crippen molar-refractivity contribution in [3.05, 3.63) is 58.2 Å². The number of rotatable bonds is 5. The first kappa shape index (κ1) is 28.5. The lowest BCUT2D eigenvalue weighted by Gasteiger charge is -2.53. The third-order valence-corrected chi connectivity index (χ3v) is 8.41. The molecule has 0 unspecified atom stereocenters. The fourth-order valence-electron chi connectivity index (χ4n) is 5.57. The number of ether oxygens (including phenoxy) is 2. The Morgan fingerprint density at radius 1 is 1.18 bits per heavy atom. The third-order valence-electron chi connectivity index (χ3n) is 7.70. The molecule has 11 heteroatoms. The molecule has 2 fully saturated rings. The van der Waals surface area contributed by atoms with Crippen LogP contribution in [0.15, 0.2) is 36.8 Å². The van der Waals surface area contributed by atoms with Crippen molar-refractivity contribution in [1.82, 2.24) is 19.7 Å². The molecule has 1 aliphatic heterocycles. The number of amides is 1. The Bertz CT molecular complexity index is 1410. The molecule has 1 aliphatic carbocycles. The number of likely N-dealkylation sites (tertiary alicyclic amines) is 1. The summed E-state index contributed by atoms with van der Waals surface area (Å²) in [5.74, 6) is -0.0338. The quantitative estimate of drug-likeness (QED) is 0.310. The number of hydrogen-bond donors (Lipinski definition) is 1. The maximum absolute atomic E-state index is 14.0. The van der Waals surface area contributed by atoms with Crippen LogP contribution in [0, 0.1) is 11.2 Å². The van der Waals surface area contributed by atoms with Crippen LogP contribution in [0.5, 0.6) is 5.75 Å². The van der Waals surface area contributed by atoms with Gasteiger partial charge in [-0.2, -0.15) is 5.10 Å². The summed E-state index contributed by atoms with van der Waals surface area (Å²) in [5, 5.41) is 4.86. The summed E-state index contributed by atoms with van der Waals surface area (Å²) < 4.78 is 27.6. The Morgan fingerprint density at radius 3 is 2.55 bits per heavy atom. The predicted octanol–water partition coefficient (Wildman–Crippen LogP) is 7.47. The number of pyridine rings is 1. The van der Waals surface area contributed by atoms with Crippen LogP contribution in [-0.2, 0) is 4.74 Å². The lowest BCUT2D eigenvalue weighted by atomic mass is 9.67. The molecule has 214 valence electrons. The van der Waals surface area contributed by atoms with Crippen molar-refractivity contribution in [2.45, 2.75) is 71.1 Å². The van der Waals surface area contributed by atoms with Crippen LogP contribution in [0.25, 0.3) is 11.1 Å². The standard InChI is InChI=1S/C29H34Cl2FN5O3/c1-17(24-21(30)5-6-22(32)25(24)31)39-23-11-18(12-34-26(23)33)19-13-35-37(14-19)20-7-9-29(10-8-20)15-36(16-29)27(38)40-28(2,3)4/h5-6,11-14,17,20H,7-10,15-16H2,1-4H3,(H2,33,34)/t17-/m1/s1. The van der Waals surface area contributed by atoms with Gasteiger partial charge in [0.1, 0.15) is 17.5 Å². The third kappa shape index (κ3) is 5.86. The molecule has 1 saturated carbocycles. The van der Waals surface area contributed by atoms with Crippen molar-refractivity contribution in [1.29, 1.82) is 0 Å². The summed E-state index contributed by atoms with van der Waals surface area (Å²) in [6.07, 6.45) is 8.66. The summed E-state index contributed by atoms with van der Waals surface area (Å²) >= 11 is 12.4. The highest BCUT2D eigenvalue weighted by atomic mass is 35.5. The molecule has 0 radical (unpaired) electrons. The average molecular weight is 591 g/mol. The highest BCUT2D eigenvalue weighted by molar-refractivity contribution is 6.36. The molecule has 2 N–H and O–H groups in total. The Morgan fingerprint density at radius 2 is 1.88 bits per heavy atom. The molecule has 1 saturated heterocycles. The van der Waals surface area contributed by atoms with Crippen LogP contribution in [0.4, 0.5) is 15.0 Å². The van der Waals surface area contributed by atoms with Gasteiger partial charge in [0.25, 0.3) is 0 Å².